The van der Waals surface area contributed by atoms with Crippen LogP contribution in [0.4, 0.5) is 5.82 Å². The zero-order valence-electron chi connectivity index (χ0n) is 10.9. The van der Waals surface area contributed by atoms with E-state index in [2.05, 4.69) is 15.6 Å². The molecule has 0 aromatic carbocycles. The second-order valence-electron chi connectivity index (χ2n) is 4.86. The van der Waals surface area contributed by atoms with Gasteiger partial charge in [-0.25, -0.2) is 4.98 Å². The Bertz CT molecular complexity index is 402. The lowest BCUT2D eigenvalue weighted by atomic mass is 9.85. The summed E-state index contributed by atoms with van der Waals surface area (Å²) in [6.45, 7) is 3.56. The molecule has 1 amide bonds. The Morgan fingerprint density at radius 3 is 2.89 bits per heavy atom. The summed E-state index contributed by atoms with van der Waals surface area (Å²) in [5.41, 5.74) is 1.01. The number of hydrogen-bond acceptors (Lipinski definition) is 3. The van der Waals surface area contributed by atoms with Crippen molar-refractivity contribution >= 4 is 11.7 Å². The van der Waals surface area contributed by atoms with E-state index in [1.54, 1.807) is 0 Å². The van der Waals surface area contributed by atoms with E-state index in [0.29, 0.717) is 0 Å². The monoisotopic (exact) mass is 247 g/mol. The van der Waals surface area contributed by atoms with Gasteiger partial charge in [-0.3, -0.25) is 4.79 Å². The van der Waals surface area contributed by atoms with Crippen LogP contribution in [0.25, 0.3) is 0 Å². The van der Waals surface area contributed by atoms with Gasteiger partial charge in [-0.2, -0.15) is 0 Å². The van der Waals surface area contributed by atoms with Crippen molar-refractivity contribution in [2.75, 3.05) is 18.4 Å². The van der Waals surface area contributed by atoms with Crippen LogP contribution in [0.5, 0.6) is 0 Å². The Morgan fingerprint density at radius 2 is 2.22 bits per heavy atom. The number of carbonyl (C=O) groups excluding carboxylic acids is 1. The lowest BCUT2D eigenvalue weighted by Crippen LogP contribution is -2.35. The van der Waals surface area contributed by atoms with Gasteiger partial charge in [0.25, 0.3) is 0 Å². The number of carbonyl (C=O) groups is 1. The van der Waals surface area contributed by atoms with E-state index in [-0.39, 0.29) is 11.8 Å². The summed E-state index contributed by atoms with van der Waals surface area (Å²) in [5, 5.41) is 6.24. The van der Waals surface area contributed by atoms with Crippen LogP contribution >= 0.6 is 0 Å². The van der Waals surface area contributed by atoms with Crippen molar-refractivity contribution < 1.29 is 4.79 Å². The van der Waals surface area contributed by atoms with E-state index in [1.165, 1.54) is 6.42 Å². The molecule has 2 N–H and O–H groups in total. The van der Waals surface area contributed by atoms with Gasteiger partial charge in [0.05, 0.1) is 0 Å². The number of anilines is 1. The summed E-state index contributed by atoms with van der Waals surface area (Å²) in [7, 11) is 0. The van der Waals surface area contributed by atoms with Crippen LogP contribution in [0.1, 0.15) is 31.4 Å². The van der Waals surface area contributed by atoms with Gasteiger partial charge in [0.15, 0.2) is 0 Å². The van der Waals surface area contributed by atoms with Crippen molar-refractivity contribution in [2.45, 2.75) is 32.6 Å². The Labute approximate surface area is 108 Å². The van der Waals surface area contributed by atoms with Crippen LogP contribution < -0.4 is 10.6 Å². The first-order valence-electron chi connectivity index (χ1n) is 6.71. The maximum atomic E-state index is 11.6. The molecule has 1 heterocycles. The molecule has 0 radical (unpaired) electrons. The Hall–Kier alpha value is -1.58. The molecule has 98 valence electrons. The van der Waals surface area contributed by atoms with Gasteiger partial charge in [-0.15, -0.1) is 0 Å². The van der Waals surface area contributed by atoms with E-state index < -0.39 is 0 Å². The smallest absolute Gasteiger partial charge is 0.223 e. The number of hydrogen-bond donors (Lipinski definition) is 2. The van der Waals surface area contributed by atoms with Crippen molar-refractivity contribution in [2.24, 2.45) is 5.92 Å². The van der Waals surface area contributed by atoms with Gasteiger partial charge in [-0.05, 0) is 38.3 Å². The summed E-state index contributed by atoms with van der Waals surface area (Å²) in [4.78, 5) is 15.9. The van der Waals surface area contributed by atoms with Crippen LogP contribution in [0.2, 0.25) is 0 Å². The van der Waals surface area contributed by atoms with E-state index >= 15 is 0 Å². The molecule has 1 aliphatic carbocycles. The minimum Gasteiger partial charge on any atom is -0.370 e. The molecular formula is C14H21N3O. The first-order valence-corrected chi connectivity index (χ1v) is 6.71. The zero-order valence-corrected chi connectivity index (χ0v) is 10.9. The molecule has 4 nitrogen and oxygen atoms in total. The Morgan fingerprint density at radius 1 is 1.39 bits per heavy atom. The summed E-state index contributed by atoms with van der Waals surface area (Å²) in [6, 6.07) is 5.92. The zero-order chi connectivity index (χ0) is 12.8. The molecule has 0 bridgehead atoms. The molecule has 1 aromatic heterocycles. The third-order valence-corrected chi connectivity index (χ3v) is 3.32. The van der Waals surface area contributed by atoms with E-state index in [4.69, 9.17) is 0 Å². The summed E-state index contributed by atoms with van der Waals surface area (Å²) >= 11 is 0. The molecular weight excluding hydrogens is 226 g/mol. The summed E-state index contributed by atoms with van der Waals surface area (Å²) in [6.07, 6.45) is 4.27. The Kier molecular flexibility index (Phi) is 4.56. The van der Waals surface area contributed by atoms with Crippen molar-refractivity contribution in [1.29, 1.82) is 0 Å². The highest BCUT2D eigenvalue weighted by Gasteiger charge is 2.24. The quantitative estimate of drug-likeness (QED) is 0.757. The second kappa shape index (κ2) is 6.38. The fourth-order valence-corrected chi connectivity index (χ4v) is 1.97. The second-order valence-corrected chi connectivity index (χ2v) is 4.86. The predicted molar refractivity (Wildman–Crippen MR) is 72.4 cm³/mol. The minimum absolute atomic E-state index is 0.231. The van der Waals surface area contributed by atoms with Crippen LogP contribution in [0.3, 0.4) is 0 Å². The fraction of sp³-hybridized carbons (Fsp3) is 0.571. The third-order valence-electron chi connectivity index (χ3n) is 3.32. The van der Waals surface area contributed by atoms with Crippen molar-refractivity contribution in [3.63, 3.8) is 0 Å². The molecule has 4 heteroatoms. The molecule has 1 saturated carbocycles. The van der Waals surface area contributed by atoms with Crippen molar-refractivity contribution in [3.05, 3.63) is 23.9 Å². The molecule has 1 fully saturated rings. The highest BCUT2D eigenvalue weighted by atomic mass is 16.1. The van der Waals surface area contributed by atoms with Gasteiger partial charge >= 0.3 is 0 Å². The molecule has 0 spiro atoms. The van der Waals surface area contributed by atoms with Gasteiger partial charge in [0.1, 0.15) is 5.82 Å². The summed E-state index contributed by atoms with van der Waals surface area (Å²) < 4.78 is 0. The molecule has 0 aliphatic heterocycles. The number of aryl methyl sites for hydroxylation is 1. The highest BCUT2D eigenvalue weighted by molar-refractivity contribution is 5.79. The van der Waals surface area contributed by atoms with E-state index in [9.17, 15) is 4.79 Å². The van der Waals surface area contributed by atoms with Gasteiger partial charge in [-0.1, -0.05) is 12.5 Å². The predicted octanol–water partition coefficient (Wildman–Crippen LogP) is 2.11. The average molecular weight is 247 g/mol. The van der Waals surface area contributed by atoms with Crippen molar-refractivity contribution in [3.8, 4) is 0 Å². The van der Waals surface area contributed by atoms with Gasteiger partial charge < -0.3 is 10.6 Å². The van der Waals surface area contributed by atoms with Crippen LogP contribution in [0, 0.1) is 12.8 Å². The first-order chi connectivity index (χ1) is 8.75. The number of aromatic nitrogens is 1. The molecule has 0 saturated heterocycles. The topological polar surface area (TPSA) is 54.0 Å². The minimum atomic E-state index is 0.231. The maximum absolute atomic E-state index is 11.6. The lowest BCUT2D eigenvalue weighted by Gasteiger charge is -2.24. The number of nitrogens with zero attached hydrogens (tertiary/aromatic N) is 1. The number of pyridine rings is 1. The van der Waals surface area contributed by atoms with Gasteiger partial charge in [0, 0.05) is 24.7 Å². The van der Waals surface area contributed by atoms with Gasteiger partial charge in [0.2, 0.25) is 5.91 Å². The first kappa shape index (κ1) is 12.9. The lowest BCUT2D eigenvalue weighted by molar-refractivity contribution is -0.127. The number of nitrogens with one attached hydrogen (secondary N) is 2. The largest absolute Gasteiger partial charge is 0.370 e. The van der Waals surface area contributed by atoms with E-state index in [0.717, 1.165) is 43.9 Å². The molecule has 0 atom stereocenters. The maximum Gasteiger partial charge on any atom is 0.223 e. The average Bonchev–Trinajstić information content (AvgIpc) is 2.26. The van der Waals surface area contributed by atoms with E-state index in [1.807, 2.05) is 25.1 Å². The molecule has 18 heavy (non-hydrogen) atoms. The van der Waals surface area contributed by atoms with Crippen LogP contribution in [0.15, 0.2) is 18.2 Å². The molecule has 1 aliphatic rings. The molecule has 1 aromatic rings. The number of rotatable bonds is 6. The third kappa shape index (κ3) is 3.72. The standard InChI is InChI=1S/C14H21N3O/c1-11-5-2-8-13(17-11)15-9-4-10-16-14(18)12-6-3-7-12/h2,5,8,12H,3-4,6-7,9-10H2,1H3,(H,15,17)(H,16,18). The fourth-order valence-electron chi connectivity index (χ4n) is 1.97. The SMILES string of the molecule is Cc1cccc(NCCCNC(=O)C2CCC2)n1. The van der Waals surface area contributed by atoms with Crippen LogP contribution in [-0.2, 0) is 4.79 Å². The summed E-state index contributed by atoms with van der Waals surface area (Å²) in [5.74, 6) is 1.42. The molecule has 0 unspecified atom stereocenters. The number of amides is 1. The normalized spacial score (nSPS) is 14.9. The Balaban J connectivity index is 1.57. The van der Waals surface area contributed by atoms with Crippen LogP contribution in [-0.4, -0.2) is 24.0 Å². The molecule has 2 rings (SSSR count). The highest BCUT2D eigenvalue weighted by Crippen LogP contribution is 2.25. The van der Waals surface area contributed by atoms with Crippen molar-refractivity contribution in [1.82, 2.24) is 10.3 Å².